The van der Waals surface area contributed by atoms with Gasteiger partial charge in [-0.05, 0) is 39.6 Å². The van der Waals surface area contributed by atoms with E-state index >= 15 is 0 Å². The van der Waals surface area contributed by atoms with Crippen molar-refractivity contribution in [3.63, 3.8) is 0 Å². The van der Waals surface area contributed by atoms with Crippen molar-refractivity contribution in [2.24, 2.45) is 4.99 Å². The maximum Gasteiger partial charge on any atom is 0.132 e. The van der Waals surface area contributed by atoms with E-state index in [0.29, 0.717) is 5.92 Å². The number of hydrogen-bond donors (Lipinski definition) is 2. The molecule has 3 atom stereocenters. The Morgan fingerprint density at radius 1 is 0.625 bits per heavy atom. The van der Waals surface area contributed by atoms with Gasteiger partial charge in [-0.1, -0.05) is 146 Å². The van der Waals surface area contributed by atoms with Gasteiger partial charge in [0, 0.05) is 16.9 Å². The fourth-order valence-corrected chi connectivity index (χ4v) is 5.87. The maximum absolute atomic E-state index is 5.33. The lowest BCUT2D eigenvalue weighted by molar-refractivity contribution is 0.409. The van der Waals surface area contributed by atoms with E-state index in [9.17, 15) is 0 Å². The molecule has 0 saturated carbocycles. The quantitative estimate of drug-likeness (QED) is 0.245. The summed E-state index contributed by atoms with van der Waals surface area (Å²) in [7, 11) is 0. The van der Waals surface area contributed by atoms with Gasteiger partial charge < -0.3 is 5.32 Å². The van der Waals surface area contributed by atoms with Crippen LogP contribution in [0, 0.1) is 0 Å². The highest BCUT2D eigenvalue weighted by Crippen LogP contribution is 2.34. The van der Waals surface area contributed by atoms with Crippen molar-refractivity contribution >= 4 is 16.6 Å². The third-order valence-corrected chi connectivity index (χ3v) is 7.88. The van der Waals surface area contributed by atoms with Crippen molar-refractivity contribution in [2.75, 3.05) is 0 Å². The fraction of sp³-hybridized carbons (Fsp3) is 0.108. The fourth-order valence-electron chi connectivity index (χ4n) is 5.87. The van der Waals surface area contributed by atoms with Gasteiger partial charge in [-0.2, -0.15) is 0 Å². The minimum absolute atomic E-state index is 0.0843. The molecule has 1 aliphatic carbocycles. The zero-order chi connectivity index (χ0) is 26.7. The maximum atomic E-state index is 5.33. The molecule has 3 nitrogen and oxygen atoms in total. The van der Waals surface area contributed by atoms with Crippen LogP contribution in [0.2, 0.25) is 0 Å². The molecule has 1 heterocycles. The molecule has 0 bridgehead atoms. The van der Waals surface area contributed by atoms with Gasteiger partial charge in [0.25, 0.3) is 0 Å². The topological polar surface area (TPSA) is 36.4 Å². The van der Waals surface area contributed by atoms with Gasteiger partial charge in [0.15, 0.2) is 0 Å². The average molecular weight is 518 g/mol. The molecule has 5 aromatic carbocycles. The summed E-state index contributed by atoms with van der Waals surface area (Å²) in [6.07, 6.45) is 9.56. The van der Waals surface area contributed by atoms with Gasteiger partial charge in [-0.3, -0.25) is 5.32 Å². The van der Waals surface area contributed by atoms with Crippen LogP contribution in [0.15, 0.2) is 151 Å². The second kappa shape index (κ2) is 10.8. The number of hydrogen-bond acceptors (Lipinski definition) is 3. The second-order valence-corrected chi connectivity index (χ2v) is 10.4. The van der Waals surface area contributed by atoms with Crippen LogP contribution in [0.5, 0.6) is 0 Å². The van der Waals surface area contributed by atoms with Gasteiger partial charge in [0.05, 0.1) is 0 Å². The normalized spacial score (nSPS) is 20.2. The summed E-state index contributed by atoms with van der Waals surface area (Å²) in [6, 6.07) is 43.2. The summed E-state index contributed by atoms with van der Waals surface area (Å²) in [5.41, 5.74) is 7.20. The molecule has 194 valence electrons. The first-order valence-corrected chi connectivity index (χ1v) is 14.0. The van der Waals surface area contributed by atoms with Crippen LogP contribution in [0.25, 0.3) is 21.9 Å². The van der Waals surface area contributed by atoms with Gasteiger partial charge in [-0.25, -0.2) is 4.99 Å². The molecular formula is C37H31N3. The van der Waals surface area contributed by atoms with E-state index < -0.39 is 0 Å². The van der Waals surface area contributed by atoms with Crippen molar-refractivity contribution in [1.29, 1.82) is 0 Å². The number of benzene rings is 5. The predicted octanol–water partition coefficient (Wildman–Crippen LogP) is 8.44. The summed E-state index contributed by atoms with van der Waals surface area (Å²) >= 11 is 0. The lowest BCUT2D eigenvalue weighted by Crippen LogP contribution is -2.45. The lowest BCUT2D eigenvalue weighted by atomic mass is 9.91. The van der Waals surface area contributed by atoms with Gasteiger partial charge in [-0.15, -0.1) is 0 Å². The number of rotatable bonds is 5. The number of fused-ring (bicyclic) bond motifs is 1. The first-order valence-electron chi connectivity index (χ1n) is 14.0. The Hall–Kier alpha value is -4.73. The van der Waals surface area contributed by atoms with E-state index in [0.717, 1.165) is 17.8 Å². The van der Waals surface area contributed by atoms with Crippen LogP contribution in [0.3, 0.4) is 0 Å². The Bertz CT molecular complexity index is 1730. The molecule has 0 fully saturated rings. The zero-order valence-electron chi connectivity index (χ0n) is 22.2. The third kappa shape index (κ3) is 4.76. The first kappa shape index (κ1) is 24.3. The molecule has 40 heavy (non-hydrogen) atoms. The molecule has 5 aromatic rings. The largest absolute Gasteiger partial charge is 0.350 e. The minimum atomic E-state index is -0.191. The predicted molar refractivity (Wildman–Crippen MR) is 166 cm³/mol. The monoisotopic (exact) mass is 517 g/mol. The summed E-state index contributed by atoms with van der Waals surface area (Å²) in [6.45, 7) is 0. The van der Waals surface area contributed by atoms with E-state index in [1.54, 1.807) is 0 Å². The van der Waals surface area contributed by atoms with Crippen molar-refractivity contribution < 1.29 is 0 Å². The van der Waals surface area contributed by atoms with Crippen molar-refractivity contribution in [3.8, 4) is 11.1 Å². The molecule has 3 heteroatoms. The molecule has 0 aromatic heterocycles. The molecule has 0 radical (unpaired) electrons. The first-order chi connectivity index (χ1) is 19.8. The Kier molecular flexibility index (Phi) is 6.57. The Morgan fingerprint density at radius 2 is 1.32 bits per heavy atom. The highest BCUT2D eigenvalue weighted by atomic mass is 15.3. The summed E-state index contributed by atoms with van der Waals surface area (Å²) < 4.78 is 0. The van der Waals surface area contributed by atoms with Crippen LogP contribution < -0.4 is 10.6 Å². The number of aliphatic imine (C=N–C) groups is 1. The summed E-state index contributed by atoms with van der Waals surface area (Å²) in [4.78, 5) is 5.33. The molecule has 2 aliphatic rings. The molecule has 3 unspecified atom stereocenters. The van der Waals surface area contributed by atoms with Crippen molar-refractivity contribution in [2.45, 2.75) is 24.7 Å². The molecule has 7 rings (SSSR count). The standard InChI is InChI=1S/C37H31N3/c1-4-13-26(14-5-1)30-21-10-22-31(25-30)36-38-35(29-17-8-3-9-18-29)39-37(40-36)33-24-12-20-28-19-11-23-32(34(28)33)27-15-6-2-7-16-27/h1-13,15-26,35-36,38H,14H2,(H,39,40). The summed E-state index contributed by atoms with van der Waals surface area (Å²) in [5, 5.41) is 9.95. The molecule has 0 amide bonds. The number of allylic oxidation sites excluding steroid dienone is 4. The Labute approximate surface area is 235 Å². The van der Waals surface area contributed by atoms with Crippen LogP contribution in [0.4, 0.5) is 0 Å². The van der Waals surface area contributed by atoms with Crippen LogP contribution in [-0.2, 0) is 0 Å². The number of nitrogens with zero attached hydrogens (tertiary/aromatic N) is 1. The van der Waals surface area contributed by atoms with Gasteiger partial charge in [0.1, 0.15) is 18.2 Å². The van der Waals surface area contributed by atoms with Gasteiger partial charge >= 0.3 is 0 Å². The smallest absolute Gasteiger partial charge is 0.132 e. The minimum Gasteiger partial charge on any atom is -0.350 e. The number of nitrogens with one attached hydrogen (secondary N) is 2. The third-order valence-electron chi connectivity index (χ3n) is 7.88. The highest BCUT2D eigenvalue weighted by Gasteiger charge is 2.27. The molecule has 1 aliphatic heterocycles. The van der Waals surface area contributed by atoms with E-state index in [-0.39, 0.29) is 12.3 Å². The second-order valence-electron chi connectivity index (χ2n) is 10.4. The molecule has 0 saturated heterocycles. The van der Waals surface area contributed by atoms with Gasteiger partial charge in [0.2, 0.25) is 0 Å². The zero-order valence-corrected chi connectivity index (χ0v) is 22.2. The SMILES string of the molecule is C1=CCC(c2cccc(C3N=C(c4cccc5cccc(-c6ccccc6)c45)NC(c4ccccc4)N3)c2)C=C1. The Balaban J connectivity index is 1.36. The van der Waals surface area contributed by atoms with E-state index in [4.69, 9.17) is 4.99 Å². The van der Waals surface area contributed by atoms with Crippen molar-refractivity contribution in [1.82, 2.24) is 10.6 Å². The Morgan fingerprint density at radius 3 is 2.10 bits per heavy atom. The average Bonchev–Trinajstić information content (AvgIpc) is 3.05. The molecule has 2 N–H and O–H groups in total. The molecule has 0 spiro atoms. The number of amidine groups is 1. The van der Waals surface area contributed by atoms with E-state index in [2.05, 4.69) is 156 Å². The van der Waals surface area contributed by atoms with Crippen molar-refractivity contribution in [3.05, 3.63) is 168 Å². The lowest BCUT2D eigenvalue weighted by Gasteiger charge is -2.33. The summed E-state index contributed by atoms with van der Waals surface area (Å²) in [5.74, 6) is 1.30. The van der Waals surface area contributed by atoms with Crippen LogP contribution >= 0.6 is 0 Å². The van der Waals surface area contributed by atoms with E-state index in [1.807, 2.05) is 0 Å². The van der Waals surface area contributed by atoms with Crippen LogP contribution in [-0.4, -0.2) is 5.84 Å². The highest BCUT2D eigenvalue weighted by molar-refractivity contribution is 6.14. The molecular weight excluding hydrogens is 486 g/mol. The van der Waals surface area contributed by atoms with E-state index in [1.165, 1.54) is 38.6 Å². The van der Waals surface area contributed by atoms with Crippen LogP contribution in [0.1, 0.15) is 46.9 Å².